The number of aliphatic imine (C=N–C) groups is 1. The van der Waals surface area contributed by atoms with Crippen LogP contribution in [0.25, 0.3) is 0 Å². The monoisotopic (exact) mass is 456 g/mol. The second kappa shape index (κ2) is 9.40. The Balaban J connectivity index is 1.46. The molecule has 32 heavy (non-hydrogen) atoms. The molecule has 2 aromatic rings. The van der Waals surface area contributed by atoms with Crippen LogP contribution in [0.2, 0.25) is 0 Å². The number of hydrogen-bond donors (Lipinski definition) is 0. The highest BCUT2D eigenvalue weighted by atomic mass is 32.2. The maximum Gasteiger partial charge on any atom is 0.266 e. The van der Waals surface area contributed by atoms with E-state index in [0.717, 1.165) is 36.5 Å². The molecule has 0 saturated carbocycles. The van der Waals surface area contributed by atoms with Crippen LogP contribution >= 0.6 is 0 Å². The summed E-state index contributed by atoms with van der Waals surface area (Å²) >= 11 is 0. The van der Waals surface area contributed by atoms with Gasteiger partial charge < -0.3 is 14.5 Å². The first-order valence-corrected chi connectivity index (χ1v) is 12.6. The van der Waals surface area contributed by atoms with Gasteiger partial charge in [0.05, 0.1) is 30.8 Å². The number of ether oxygens (including phenoxy) is 1. The molecule has 0 bridgehead atoms. The van der Waals surface area contributed by atoms with Crippen molar-refractivity contribution in [2.45, 2.75) is 25.2 Å². The lowest BCUT2D eigenvalue weighted by atomic mass is 10.0. The second-order valence-corrected chi connectivity index (χ2v) is 10.5. The fourth-order valence-electron chi connectivity index (χ4n) is 4.34. The molecule has 0 unspecified atom stereocenters. The number of para-hydroxylation sites is 2. The van der Waals surface area contributed by atoms with E-state index in [1.54, 1.807) is 19.2 Å². The molecule has 0 amide bonds. The second-order valence-electron chi connectivity index (χ2n) is 8.65. The Hall–Kier alpha value is -2.74. The van der Waals surface area contributed by atoms with E-state index in [-0.39, 0.29) is 0 Å². The van der Waals surface area contributed by atoms with Crippen molar-refractivity contribution in [3.05, 3.63) is 54.1 Å². The van der Waals surface area contributed by atoms with Crippen LogP contribution in [0.4, 0.5) is 5.69 Å². The van der Waals surface area contributed by atoms with Crippen LogP contribution in [0.3, 0.4) is 0 Å². The molecule has 2 heterocycles. The van der Waals surface area contributed by atoms with E-state index in [0.29, 0.717) is 43.0 Å². The minimum atomic E-state index is -3.63. The topological polar surface area (TPSA) is 65.5 Å². The van der Waals surface area contributed by atoms with Crippen LogP contribution in [-0.2, 0) is 16.4 Å². The van der Waals surface area contributed by atoms with Crippen molar-refractivity contribution in [1.29, 1.82) is 0 Å². The summed E-state index contributed by atoms with van der Waals surface area (Å²) in [6, 6.07) is 15.3. The lowest BCUT2D eigenvalue weighted by Gasteiger charge is -2.39. The van der Waals surface area contributed by atoms with Gasteiger partial charge in [-0.1, -0.05) is 38.1 Å². The van der Waals surface area contributed by atoms with Gasteiger partial charge in [0.15, 0.2) is 0 Å². The maximum atomic E-state index is 13.4. The molecule has 0 spiro atoms. The van der Waals surface area contributed by atoms with E-state index >= 15 is 0 Å². The van der Waals surface area contributed by atoms with Gasteiger partial charge in [-0.15, -0.1) is 0 Å². The van der Waals surface area contributed by atoms with Crippen LogP contribution in [-0.4, -0.2) is 70.0 Å². The molecule has 1 fully saturated rings. The standard InChI is InChI=1S/C24H32N4O3S/c1-19(2)18-20-8-10-21(11-9-20)32(29,30)28-13-12-25-24(28)27-16-14-26(15-17-27)22-6-4-5-7-23(22)31-3/h4-11,19H,12-18H2,1-3H3. The van der Waals surface area contributed by atoms with Gasteiger partial charge in [-0.05, 0) is 42.2 Å². The largest absolute Gasteiger partial charge is 0.495 e. The molecule has 4 rings (SSSR count). The Morgan fingerprint density at radius 1 is 0.938 bits per heavy atom. The van der Waals surface area contributed by atoms with Gasteiger partial charge in [-0.2, -0.15) is 0 Å². The molecule has 2 aliphatic rings. The van der Waals surface area contributed by atoms with Crippen molar-refractivity contribution in [3.63, 3.8) is 0 Å². The fraction of sp³-hybridized carbons (Fsp3) is 0.458. The normalized spacial score (nSPS) is 17.1. The third kappa shape index (κ3) is 4.55. The predicted octanol–water partition coefficient (Wildman–Crippen LogP) is 3.08. The van der Waals surface area contributed by atoms with E-state index in [4.69, 9.17) is 4.74 Å². The summed E-state index contributed by atoms with van der Waals surface area (Å²) in [6.07, 6.45) is 0.938. The van der Waals surface area contributed by atoms with Crippen LogP contribution in [0.5, 0.6) is 5.75 Å². The van der Waals surface area contributed by atoms with Crippen molar-refractivity contribution in [3.8, 4) is 5.75 Å². The molecular formula is C24H32N4O3S. The van der Waals surface area contributed by atoms with E-state index in [1.807, 2.05) is 30.3 Å². The number of sulfonamides is 1. The summed E-state index contributed by atoms with van der Waals surface area (Å²) in [7, 11) is -1.95. The van der Waals surface area contributed by atoms with Gasteiger partial charge in [0.2, 0.25) is 5.96 Å². The minimum absolute atomic E-state index is 0.326. The number of anilines is 1. The summed E-state index contributed by atoms with van der Waals surface area (Å²) in [4.78, 5) is 9.26. The maximum absolute atomic E-state index is 13.4. The van der Waals surface area contributed by atoms with Crippen molar-refractivity contribution in [1.82, 2.24) is 9.21 Å². The van der Waals surface area contributed by atoms with Gasteiger partial charge in [0.1, 0.15) is 5.75 Å². The zero-order chi connectivity index (χ0) is 22.7. The SMILES string of the molecule is COc1ccccc1N1CCN(C2=NCCN2S(=O)(=O)c2ccc(CC(C)C)cc2)CC1. The van der Waals surface area contributed by atoms with Gasteiger partial charge in [-0.25, -0.2) is 12.7 Å². The summed E-state index contributed by atoms with van der Waals surface area (Å²) in [5, 5.41) is 0. The number of hydrogen-bond acceptors (Lipinski definition) is 6. The van der Waals surface area contributed by atoms with Gasteiger partial charge in [0, 0.05) is 26.2 Å². The molecule has 2 aliphatic heterocycles. The molecule has 0 atom stereocenters. The predicted molar refractivity (Wildman–Crippen MR) is 128 cm³/mol. The highest BCUT2D eigenvalue weighted by Crippen LogP contribution is 2.29. The highest BCUT2D eigenvalue weighted by Gasteiger charge is 2.35. The van der Waals surface area contributed by atoms with Gasteiger partial charge >= 0.3 is 0 Å². The average molecular weight is 457 g/mol. The van der Waals surface area contributed by atoms with E-state index in [1.165, 1.54) is 4.31 Å². The van der Waals surface area contributed by atoms with Crippen molar-refractivity contribution >= 4 is 21.7 Å². The fourth-order valence-corrected chi connectivity index (χ4v) is 5.78. The number of rotatable bonds is 6. The Kier molecular flexibility index (Phi) is 6.60. The van der Waals surface area contributed by atoms with E-state index in [2.05, 4.69) is 34.7 Å². The van der Waals surface area contributed by atoms with Crippen molar-refractivity contribution in [2.75, 3.05) is 51.3 Å². The lowest BCUT2D eigenvalue weighted by Crippen LogP contribution is -2.53. The molecule has 1 saturated heterocycles. The van der Waals surface area contributed by atoms with Crippen LogP contribution < -0.4 is 9.64 Å². The Morgan fingerprint density at radius 3 is 2.25 bits per heavy atom. The number of benzene rings is 2. The van der Waals surface area contributed by atoms with Crippen LogP contribution in [0, 0.1) is 5.92 Å². The molecule has 0 N–H and O–H groups in total. The first kappa shape index (κ1) is 22.5. The quantitative estimate of drug-likeness (QED) is 0.668. The third-order valence-corrected chi connectivity index (χ3v) is 7.72. The van der Waals surface area contributed by atoms with Gasteiger partial charge in [0.25, 0.3) is 10.0 Å². The Labute approximate surface area is 191 Å². The molecule has 0 aliphatic carbocycles. The zero-order valence-electron chi connectivity index (χ0n) is 19.1. The first-order chi connectivity index (χ1) is 15.4. The highest BCUT2D eigenvalue weighted by molar-refractivity contribution is 7.89. The lowest BCUT2D eigenvalue weighted by molar-refractivity contribution is 0.354. The minimum Gasteiger partial charge on any atom is -0.495 e. The molecule has 7 nitrogen and oxygen atoms in total. The average Bonchev–Trinajstić information content (AvgIpc) is 3.30. The third-order valence-electron chi connectivity index (χ3n) is 5.92. The molecule has 0 radical (unpaired) electrons. The molecule has 172 valence electrons. The zero-order valence-corrected chi connectivity index (χ0v) is 19.9. The summed E-state index contributed by atoms with van der Waals surface area (Å²) in [5.74, 6) is 1.95. The molecular weight excluding hydrogens is 424 g/mol. The number of methoxy groups -OCH3 is 1. The number of guanidine groups is 1. The first-order valence-electron chi connectivity index (χ1n) is 11.2. The van der Waals surface area contributed by atoms with Crippen LogP contribution in [0.15, 0.2) is 58.4 Å². The molecule has 2 aromatic carbocycles. The molecule has 0 aromatic heterocycles. The number of piperazine rings is 1. The van der Waals surface area contributed by atoms with E-state index in [9.17, 15) is 8.42 Å². The van der Waals surface area contributed by atoms with Crippen molar-refractivity contribution < 1.29 is 13.2 Å². The summed E-state index contributed by atoms with van der Waals surface area (Å²) in [5.41, 5.74) is 2.22. The number of nitrogens with zero attached hydrogens (tertiary/aromatic N) is 4. The smallest absolute Gasteiger partial charge is 0.266 e. The summed E-state index contributed by atoms with van der Waals surface area (Å²) in [6.45, 7) is 8.15. The summed E-state index contributed by atoms with van der Waals surface area (Å²) < 4.78 is 33.7. The van der Waals surface area contributed by atoms with Crippen LogP contribution in [0.1, 0.15) is 19.4 Å². The van der Waals surface area contributed by atoms with Gasteiger partial charge in [-0.3, -0.25) is 4.99 Å². The van der Waals surface area contributed by atoms with Crippen molar-refractivity contribution in [2.24, 2.45) is 10.9 Å². The Morgan fingerprint density at radius 2 is 1.59 bits per heavy atom. The molecule has 8 heteroatoms. The van der Waals surface area contributed by atoms with E-state index < -0.39 is 10.0 Å². The Bertz CT molecular complexity index is 1060.